The Bertz CT molecular complexity index is 1620. The lowest BCUT2D eigenvalue weighted by molar-refractivity contribution is 0.0697. The maximum absolute atomic E-state index is 13.4. The van der Waals surface area contributed by atoms with Gasteiger partial charge in [0.05, 0.1) is 28.2 Å². The van der Waals surface area contributed by atoms with E-state index < -0.39 is 17.7 Å². The van der Waals surface area contributed by atoms with E-state index in [-0.39, 0.29) is 17.0 Å². The van der Waals surface area contributed by atoms with Crippen LogP contribution in [0.4, 0.5) is 10.3 Å². The van der Waals surface area contributed by atoms with Crippen LogP contribution in [0.3, 0.4) is 0 Å². The van der Waals surface area contributed by atoms with Gasteiger partial charge in [-0.3, -0.25) is 10.1 Å². The second kappa shape index (κ2) is 9.54. The summed E-state index contributed by atoms with van der Waals surface area (Å²) in [4.78, 5) is 25.0. The number of amides is 1. The second-order valence-electron chi connectivity index (χ2n) is 8.34. The molecule has 0 bridgehead atoms. The molecule has 0 spiro atoms. The van der Waals surface area contributed by atoms with E-state index in [0.717, 1.165) is 11.4 Å². The highest BCUT2D eigenvalue weighted by molar-refractivity contribution is 6.08. The molecule has 37 heavy (non-hydrogen) atoms. The van der Waals surface area contributed by atoms with Crippen LogP contribution in [-0.2, 0) is 0 Å². The summed E-state index contributed by atoms with van der Waals surface area (Å²) in [6.45, 7) is 3.70. The lowest BCUT2D eigenvalue weighted by Crippen LogP contribution is -2.12. The molecule has 0 radical (unpaired) electrons. The Balaban J connectivity index is 1.69. The van der Waals surface area contributed by atoms with E-state index in [9.17, 15) is 19.1 Å². The van der Waals surface area contributed by atoms with E-state index >= 15 is 0 Å². The van der Waals surface area contributed by atoms with E-state index in [2.05, 4.69) is 15.6 Å². The standard InChI is InChI=1S/C28H21FN4O4/c1-16-23(17(2)33(31-16)20-8-4-3-5-9-20)25-24(21-10-6-7-11-22(21)28(35)36)27(37-32-25)30-26(34)18-12-14-19(29)15-13-18/h3-15H,1-2H3,(H,30,34)(H,35,36). The van der Waals surface area contributed by atoms with Crippen LogP contribution >= 0.6 is 0 Å². The van der Waals surface area contributed by atoms with Gasteiger partial charge in [0.25, 0.3) is 5.91 Å². The van der Waals surface area contributed by atoms with Crippen molar-refractivity contribution in [3.63, 3.8) is 0 Å². The van der Waals surface area contributed by atoms with Crippen LogP contribution < -0.4 is 5.32 Å². The molecule has 5 aromatic rings. The van der Waals surface area contributed by atoms with Gasteiger partial charge in [0.1, 0.15) is 11.5 Å². The molecule has 184 valence electrons. The van der Waals surface area contributed by atoms with E-state index in [1.54, 1.807) is 22.9 Å². The van der Waals surface area contributed by atoms with Crippen molar-refractivity contribution in [2.24, 2.45) is 0 Å². The number of carboxylic acids is 1. The van der Waals surface area contributed by atoms with Gasteiger partial charge < -0.3 is 9.63 Å². The number of halogens is 1. The lowest BCUT2D eigenvalue weighted by Gasteiger charge is -2.10. The number of hydrogen-bond acceptors (Lipinski definition) is 5. The van der Waals surface area contributed by atoms with E-state index in [0.29, 0.717) is 28.1 Å². The predicted octanol–water partition coefficient (Wildman–Crippen LogP) is 5.90. The van der Waals surface area contributed by atoms with Crippen LogP contribution in [0, 0.1) is 19.7 Å². The number of aryl methyl sites for hydroxylation is 1. The van der Waals surface area contributed by atoms with Gasteiger partial charge in [0.2, 0.25) is 5.88 Å². The number of para-hydroxylation sites is 1. The maximum atomic E-state index is 13.4. The van der Waals surface area contributed by atoms with Crippen LogP contribution in [0.2, 0.25) is 0 Å². The number of carboxylic acid groups (broad SMARTS) is 1. The molecule has 2 N–H and O–H groups in total. The van der Waals surface area contributed by atoms with Gasteiger partial charge in [-0.05, 0) is 56.3 Å². The largest absolute Gasteiger partial charge is 0.478 e. The van der Waals surface area contributed by atoms with Crippen LogP contribution in [0.1, 0.15) is 32.1 Å². The quantitative estimate of drug-likeness (QED) is 0.303. The van der Waals surface area contributed by atoms with Crippen molar-refractivity contribution >= 4 is 17.8 Å². The van der Waals surface area contributed by atoms with Gasteiger partial charge in [-0.25, -0.2) is 13.9 Å². The number of benzene rings is 3. The number of hydrogen-bond donors (Lipinski definition) is 2. The summed E-state index contributed by atoms with van der Waals surface area (Å²) in [5, 5.41) is 21.5. The van der Waals surface area contributed by atoms with Gasteiger partial charge in [-0.2, -0.15) is 5.10 Å². The Kier molecular flexibility index (Phi) is 6.10. The average molecular weight is 496 g/mol. The van der Waals surface area contributed by atoms with E-state index in [4.69, 9.17) is 4.52 Å². The first-order chi connectivity index (χ1) is 17.8. The van der Waals surface area contributed by atoms with E-state index in [1.807, 2.05) is 44.2 Å². The van der Waals surface area contributed by atoms with Crippen LogP contribution in [0.25, 0.3) is 28.1 Å². The highest BCUT2D eigenvalue weighted by Gasteiger charge is 2.28. The minimum absolute atomic E-state index is 0.00925. The summed E-state index contributed by atoms with van der Waals surface area (Å²) in [6.07, 6.45) is 0. The minimum atomic E-state index is -1.15. The summed E-state index contributed by atoms with van der Waals surface area (Å²) < 4.78 is 20.7. The molecular formula is C28H21FN4O4. The first-order valence-electron chi connectivity index (χ1n) is 11.4. The van der Waals surface area contributed by atoms with Gasteiger partial charge in [-0.1, -0.05) is 41.6 Å². The molecule has 8 nitrogen and oxygen atoms in total. The lowest BCUT2D eigenvalue weighted by atomic mass is 9.95. The first kappa shape index (κ1) is 23.7. The normalized spacial score (nSPS) is 10.9. The Labute approximate surface area is 211 Å². The van der Waals surface area contributed by atoms with Crippen molar-refractivity contribution in [3.8, 4) is 28.1 Å². The predicted molar refractivity (Wildman–Crippen MR) is 135 cm³/mol. The zero-order chi connectivity index (χ0) is 26.1. The molecule has 1 amide bonds. The Morgan fingerprint density at radius 2 is 1.59 bits per heavy atom. The minimum Gasteiger partial charge on any atom is -0.478 e. The fourth-order valence-corrected chi connectivity index (χ4v) is 4.27. The molecule has 0 atom stereocenters. The molecule has 0 fully saturated rings. The number of aromatic nitrogens is 3. The number of nitrogens with one attached hydrogen (secondary N) is 1. The van der Waals surface area contributed by atoms with Crippen molar-refractivity contribution < 1.29 is 23.6 Å². The summed E-state index contributed by atoms with van der Waals surface area (Å²) in [5.41, 5.74) is 4.03. The van der Waals surface area contributed by atoms with Gasteiger partial charge in [-0.15, -0.1) is 0 Å². The monoisotopic (exact) mass is 496 g/mol. The van der Waals surface area contributed by atoms with E-state index in [1.165, 1.54) is 30.3 Å². The molecule has 3 aromatic carbocycles. The number of anilines is 1. The van der Waals surface area contributed by atoms with Crippen molar-refractivity contribution in [1.29, 1.82) is 0 Å². The SMILES string of the molecule is Cc1nn(-c2ccccc2)c(C)c1-c1noc(NC(=O)c2ccc(F)cc2)c1-c1ccccc1C(=O)O. The Morgan fingerprint density at radius 3 is 2.30 bits per heavy atom. The molecule has 0 aliphatic heterocycles. The third-order valence-corrected chi connectivity index (χ3v) is 5.98. The Hall–Kier alpha value is -5.05. The molecule has 0 aliphatic rings. The first-order valence-corrected chi connectivity index (χ1v) is 11.4. The fraction of sp³-hybridized carbons (Fsp3) is 0.0714. The smallest absolute Gasteiger partial charge is 0.336 e. The Morgan fingerprint density at radius 1 is 0.919 bits per heavy atom. The van der Waals surface area contributed by atoms with Crippen LogP contribution in [0.5, 0.6) is 0 Å². The molecule has 0 saturated heterocycles. The third kappa shape index (κ3) is 4.38. The third-order valence-electron chi connectivity index (χ3n) is 5.98. The summed E-state index contributed by atoms with van der Waals surface area (Å²) in [6, 6.07) is 21.0. The molecule has 9 heteroatoms. The van der Waals surface area contributed by atoms with Crippen molar-refractivity contribution in [3.05, 3.63) is 107 Å². The maximum Gasteiger partial charge on any atom is 0.336 e. The molecule has 2 heterocycles. The second-order valence-corrected chi connectivity index (χ2v) is 8.34. The van der Waals surface area contributed by atoms with Crippen molar-refractivity contribution in [2.75, 3.05) is 5.32 Å². The molecule has 5 rings (SSSR count). The van der Waals surface area contributed by atoms with Crippen molar-refractivity contribution in [1.82, 2.24) is 14.9 Å². The highest BCUT2D eigenvalue weighted by Crippen LogP contribution is 2.42. The number of carbonyl (C=O) groups is 2. The number of carbonyl (C=O) groups excluding carboxylic acids is 1. The molecular weight excluding hydrogens is 475 g/mol. The molecule has 0 aliphatic carbocycles. The van der Waals surface area contributed by atoms with Gasteiger partial charge >= 0.3 is 5.97 Å². The van der Waals surface area contributed by atoms with Crippen LogP contribution in [-0.4, -0.2) is 31.9 Å². The van der Waals surface area contributed by atoms with Crippen molar-refractivity contribution in [2.45, 2.75) is 13.8 Å². The van der Waals surface area contributed by atoms with Crippen LogP contribution in [0.15, 0.2) is 83.4 Å². The number of nitrogens with zero attached hydrogens (tertiary/aromatic N) is 3. The topological polar surface area (TPSA) is 110 Å². The average Bonchev–Trinajstić information content (AvgIpc) is 3.43. The summed E-state index contributed by atoms with van der Waals surface area (Å²) >= 11 is 0. The summed E-state index contributed by atoms with van der Waals surface area (Å²) in [5.74, 6) is -2.22. The summed E-state index contributed by atoms with van der Waals surface area (Å²) in [7, 11) is 0. The zero-order valence-corrected chi connectivity index (χ0v) is 19.9. The molecule has 0 unspecified atom stereocenters. The van der Waals surface area contributed by atoms with Gasteiger partial charge in [0, 0.05) is 16.7 Å². The highest BCUT2D eigenvalue weighted by atomic mass is 19.1. The van der Waals surface area contributed by atoms with Gasteiger partial charge in [0.15, 0.2) is 0 Å². The number of rotatable bonds is 6. The molecule has 0 saturated carbocycles. The fourth-order valence-electron chi connectivity index (χ4n) is 4.27. The number of aromatic carboxylic acids is 1. The zero-order valence-electron chi connectivity index (χ0n) is 19.9. The molecule has 2 aromatic heterocycles.